The molecule has 0 spiro atoms. The highest BCUT2D eigenvalue weighted by molar-refractivity contribution is 5.77. The summed E-state index contributed by atoms with van der Waals surface area (Å²) >= 11 is 0. The van der Waals surface area contributed by atoms with Crippen LogP contribution >= 0.6 is 0 Å². The molecular weight excluding hydrogens is 260 g/mol. The van der Waals surface area contributed by atoms with Gasteiger partial charge in [-0.3, -0.25) is 9.59 Å². The predicted octanol–water partition coefficient (Wildman–Crippen LogP) is 0.468. The van der Waals surface area contributed by atoms with Crippen LogP contribution in [0.2, 0.25) is 0 Å². The number of carboxylic acids is 1. The van der Waals surface area contributed by atoms with Gasteiger partial charge in [-0.2, -0.15) is 0 Å². The van der Waals surface area contributed by atoms with Gasteiger partial charge in [-0.1, -0.05) is 0 Å². The lowest BCUT2D eigenvalue weighted by Crippen LogP contribution is -2.43. The molecule has 2 fully saturated rings. The van der Waals surface area contributed by atoms with Gasteiger partial charge in [0.1, 0.15) is 6.61 Å². The number of likely N-dealkylation sites (tertiary alicyclic amines) is 1. The molecule has 0 bridgehead atoms. The van der Waals surface area contributed by atoms with E-state index >= 15 is 0 Å². The first-order chi connectivity index (χ1) is 9.65. The summed E-state index contributed by atoms with van der Waals surface area (Å²) in [5.74, 6) is -0.696. The zero-order valence-electron chi connectivity index (χ0n) is 11.8. The molecular formula is C14H24N2O4. The third-order valence-corrected chi connectivity index (χ3v) is 4.06. The number of amides is 1. The summed E-state index contributed by atoms with van der Waals surface area (Å²) in [7, 11) is 0. The Morgan fingerprint density at radius 3 is 2.70 bits per heavy atom. The van der Waals surface area contributed by atoms with Gasteiger partial charge in [0.25, 0.3) is 0 Å². The molecule has 20 heavy (non-hydrogen) atoms. The Balaban J connectivity index is 1.72. The number of carboxylic acid groups (broad SMARTS) is 1. The number of aliphatic carboxylic acids is 1. The average molecular weight is 284 g/mol. The molecule has 2 heterocycles. The van der Waals surface area contributed by atoms with Crippen LogP contribution in [-0.2, 0) is 14.3 Å². The molecule has 2 aliphatic heterocycles. The second-order valence-corrected chi connectivity index (χ2v) is 5.71. The van der Waals surface area contributed by atoms with Crippen LogP contribution in [0.1, 0.15) is 32.1 Å². The van der Waals surface area contributed by atoms with E-state index in [1.54, 1.807) is 4.90 Å². The van der Waals surface area contributed by atoms with Crippen molar-refractivity contribution in [2.24, 2.45) is 5.92 Å². The minimum Gasteiger partial charge on any atom is -0.481 e. The number of nitrogens with one attached hydrogen (secondary N) is 1. The lowest BCUT2D eigenvalue weighted by atomic mass is 9.95. The van der Waals surface area contributed by atoms with Crippen molar-refractivity contribution < 1.29 is 19.4 Å². The maximum Gasteiger partial charge on any atom is 0.303 e. The lowest BCUT2D eigenvalue weighted by molar-refractivity contribution is -0.143. The van der Waals surface area contributed by atoms with Crippen molar-refractivity contribution in [1.29, 1.82) is 0 Å². The van der Waals surface area contributed by atoms with E-state index in [9.17, 15) is 9.59 Å². The Labute approximate surface area is 119 Å². The van der Waals surface area contributed by atoms with Crippen LogP contribution in [0, 0.1) is 5.92 Å². The van der Waals surface area contributed by atoms with Gasteiger partial charge in [-0.15, -0.1) is 0 Å². The van der Waals surface area contributed by atoms with Crippen LogP contribution < -0.4 is 5.32 Å². The minimum atomic E-state index is -0.782. The Bertz CT molecular complexity index is 342. The van der Waals surface area contributed by atoms with Crippen LogP contribution in [0.25, 0.3) is 0 Å². The molecule has 1 unspecified atom stereocenters. The number of hydrogen-bond acceptors (Lipinski definition) is 4. The summed E-state index contributed by atoms with van der Waals surface area (Å²) in [6.45, 7) is 3.31. The summed E-state index contributed by atoms with van der Waals surface area (Å²) in [5, 5.41) is 12.1. The van der Waals surface area contributed by atoms with Crippen molar-refractivity contribution in [1.82, 2.24) is 10.2 Å². The summed E-state index contributed by atoms with van der Waals surface area (Å²) in [4.78, 5) is 24.6. The molecule has 2 saturated heterocycles. The molecule has 2 N–H and O–H groups in total. The standard InChI is InChI=1S/C14H24N2O4/c17-13(10-20-12-3-5-15-6-4-12)16-7-1-2-11(9-16)8-14(18)19/h11-12,15H,1-10H2,(H,18,19). The molecule has 0 radical (unpaired) electrons. The molecule has 1 amide bonds. The van der Waals surface area contributed by atoms with E-state index in [1.165, 1.54) is 0 Å². The van der Waals surface area contributed by atoms with Gasteiger partial charge in [-0.25, -0.2) is 0 Å². The minimum absolute atomic E-state index is 0.00128. The zero-order chi connectivity index (χ0) is 14.4. The largest absolute Gasteiger partial charge is 0.481 e. The Hall–Kier alpha value is -1.14. The Kier molecular flexibility index (Phi) is 5.79. The second-order valence-electron chi connectivity index (χ2n) is 5.71. The highest BCUT2D eigenvalue weighted by Gasteiger charge is 2.26. The number of hydrogen-bond donors (Lipinski definition) is 2. The lowest BCUT2D eigenvalue weighted by Gasteiger charge is -2.32. The average Bonchev–Trinajstić information content (AvgIpc) is 2.45. The molecule has 6 nitrogen and oxygen atoms in total. The fourth-order valence-electron chi connectivity index (χ4n) is 2.95. The third-order valence-electron chi connectivity index (χ3n) is 4.06. The van der Waals surface area contributed by atoms with Crippen LogP contribution in [0.5, 0.6) is 0 Å². The second kappa shape index (κ2) is 7.59. The molecule has 1 atom stereocenters. The number of piperidine rings is 2. The summed E-state index contributed by atoms with van der Waals surface area (Å²) in [5.41, 5.74) is 0. The smallest absolute Gasteiger partial charge is 0.303 e. The molecule has 6 heteroatoms. The summed E-state index contributed by atoms with van der Waals surface area (Å²) in [6.07, 6.45) is 4.02. The van der Waals surface area contributed by atoms with Crippen molar-refractivity contribution >= 4 is 11.9 Å². The molecule has 0 aromatic carbocycles. The van der Waals surface area contributed by atoms with E-state index < -0.39 is 5.97 Å². The Morgan fingerprint density at radius 2 is 2.00 bits per heavy atom. The highest BCUT2D eigenvalue weighted by atomic mass is 16.5. The van der Waals surface area contributed by atoms with Crippen LogP contribution in [-0.4, -0.2) is 60.8 Å². The number of rotatable bonds is 5. The van der Waals surface area contributed by atoms with Gasteiger partial charge in [-0.05, 0) is 44.7 Å². The van der Waals surface area contributed by atoms with Crippen molar-refractivity contribution in [3.8, 4) is 0 Å². The predicted molar refractivity (Wildman–Crippen MR) is 73.4 cm³/mol. The zero-order valence-corrected chi connectivity index (χ0v) is 11.8. The van der Waals surface area contributed by atoms with Crippen LogP contribution in [0.3, 0.4) is 0 Å². The maximum atomic E-state index is 12.1. The van der Waals surface area contributed by atoms with Gasteiger partial charge < -0.3 is 20.1 Å². The molecule has 114 valence electrons. The normalized spacial score (nSPS) is 24.6. The van der Waals surface area contributed by atoms with E-state index in [-0.39, 0.29) is 31.0 Å². The topological polar surface area (TPSA) is 78.9 Å². The van der Waals surface area contributed by atoms with E-state index in [1.807, 2.05) is 0 Å². The first kappa shape index (κ1) is 15.3. The molecule has 2 rings (SSSR count). The molecule has 0 saturated carbocycles. The fraction of sp³-hybridized carbons (Fsp3) is 0.857. The fourth-order valence-corrected chi connectivity index (χ4v) is 2.95. The van der Waals surface area contributed by atoms with Crippen LogP contribution in [0.4, 0.5) is 0 Å². The van der Waals surface area contributed by atoms with E-state index in [4.69, 9.17) is 9.84 Å². The van der Waals surface area contributed by atoms with E-state index in [0.29, 0.717) is 6.54 Å². The summed E-state index contributed by atoms with van der Waals surface area (Å²) < 4.78 is 5.67. The highest BCUT2D eigenvalue weighted by Crippen LogP contribution is 2.20. The van der Waals surface area contributed by atoms with Crippen molar-refractivity contribution in [2.75, 3.05) is 32.8 Å². The van der Waals surface area contributed by atoms with Gasteiger partial charge in [0.15, 0.2) is 0 Å². The monoisotopic (exact) mass is 284 g/mol. The number of carbonyl (C=O) groups excluding carboxylic acids is 1. The third kappa shape index (κ3) is 4.76. The van der Waals surface area contributed by atoms with Crippen molar-refractivity contribution in [2.45, 2.75) is 38.2 Å². The maximum absolute atomic E-state index is 12.1. The molecule has 2 aliphatic rings. The Morgan fingerprint density at radius 1 is 1.25 bits per heavy atom. The van der Waals surface area contributed by atoms with Crippen molar-refractivity contribution in [3.05, 3.63) is 0 Å². The van der Waals surface area contributed by atoms with Crippen molar-refractivity contribution in [3.63, 3.8) is 0 Å². The first-order valence-corrected chi connectivity index (χ1v) is 7.47. The SMILES string of the molecule is O=C(O)CC1CCCN(C(=O)COC2CCNCC2)C1. The number of ether oxygens (including phenoxy) is 1. The van der Waals surface area contributed by atoms with Crippen LogP contribution in [0.15, 0.2) is 0 Å². The van der Waals surface area contributed by atoms with Gasteiger partial charge in [0.2, 0.25) is 5.91 Å². The summed E-state index contributed by atoms with van der Waals surface area (Å²) in [6, 6.07) is 0. The van der Waals surface area contributed by atoms with Gasteiger partial charge in [0.05, 0.1) is 6.10 Å². The van der Waals surface area contributed by atoms with Gasteiger partial charge >= 0.3 is 5.97 Å². The molecule has 0 aliphatic carbocycles. The quantitative estimate of drug-likeness (QED) is 0.767. The molecule has 0 aromatic heterocycles. The number of nitrogens with zero attached hydrogens (tertiary/aromatic N) is 1. The molecule has 0 aromatic rings. The van der Waals surface area contributed by atoms with E-state index in [0.717, 1.165) is 45.3 Å². The van der Waals surface area contributed by atoms with Gasteiger partial charge in [0, 0.05) is 19.5 Å². The van der Waals surface area contributed by atoms with E-state index in [2.05, 4.69) is 5.32 Å². The number of carbonyl (C=O) groups is 2. The first-order valence-electron chi connectivity index (χ1n) is 7.47.